The topological polar surface area (TPSA) is 72.9 Å². The van der Waals surface area contributed by atoms with Crippen molar-refractivity contribution in [2.45, 2.75) is 26.4 Å². The number of aromatic nitrogens is 2. The average Bonchev–Trinajstić information content (AvgIpc) is 3.04. The van der Waals surface area contributed by atoms with Gasteiger partial charge in [0, 0.05) is 24.2 Å². The number of hydrogen-bond acceptors (Lipinski definition) is 4. The van der Waals surface area contributed by atoms with Gasteiger partial charge < -0.3 is 15.6 Å². The summed E-state index contributed by atoms with van der Waals surface area (Å²) in [4.78, 5) is 17.2. The van der Waals surface area contributed by atoms with Crippen LogP contribution in [0.2, 0.25) is 0 Å². The summed E-state index contributed by atoms with van der Waals surface area (Å²) >= 11 is 1.67. The van der Waals surface area contributed by atoms with Crippen molar-refractivity contribution < 1.29 is 4.79 Å². The van der Waals surface area contributed by atoms with Crippen LogP contribution in [0.15, 0.2) is 24.0 Å². The molecule has 0 spiro atoms. The van der Waals surface area contributed by atoms with E-state index in [4.69, 9.17) is 5.73 Å². The third-order valence-electron chi connectivity index (χ3n) is 2.88. The van der Waals surface area contributed by atoms with E-state index in [1.165, 1.54) is 10.4 Å². The quantitative estimate of drug-likeness (QED) is 0.839. The van der Waals surface area contributed by atoms with Crippen molar-refractivity contribution in [3.63, 3.8) is 0 Å². The van der Waals surface area contributed by atoms with Crippen LogP contribution in [-0.4, -0.2) is 22.0 Å². The molecule has 0 saturated heterocycles. The molecule has 6 heteroatoms. The van der Waals surface area contributed by atoms with Gasteiger partial charge in [-0.3, -0.25) is 4.79 Å². The van der Waals surface area contributed by atoms with Crippen molar-refractivity contribution in [3.05, 3.63) is 40.1 Å². The molecule has 2 rings (SSSR count). The molecular weight excluding hydrogens is 260 g/mol. The number of amides is 1. The summed E-state index contributed by atoms with van der Waals surface area (Å²) in [5.74, 6) is -0.147. The number of carbonyl (C=O) groups excluding carboxylic acids is 1. The van der Waals surface area contributed by atoms with Crippen molar-refractivity contribution in [3.8, 4) is 0 Å². The number of nitrogens with zero attached hydrogens (tertiary/aromatic N) is 2. The van der Waals surface area contributed by atoms with Gasteiger partial charge in [0.2, 0.25) is 0 Å². The average molecular weight is 278 g/mol. The lowest BCUT2D eigenvalue weighted by Gasteiger charge is -2.03. The summed E-state index contributed by atoms with van der Waals surface area (Å²) in [6, 6.07) is 2.10. The molecule has 0 unspecified atom stereocenters. The molecule has 5 nitrogen and oxygen atoms in total. The maximum atomic E-state index is 11.9. The highest BCUT2D eigenvalue weighted by Gasteiger charge is 2.10. The van der Waals surface area contributed by atoms with Gasteiger partial charge in [-0.25, -0.2) is 4.98 Å². The number of hydrogen-bond donors (Lipinski definition) is 2. The van der Waals surface area contributed by atoms with Crippen LogP contribution in [0.5, 0.6) is 0 Å². The van der Waals surface area contributed by atoms with Crippen LogP contribution < -0.4 is 11.1 Å². The molecule has 0 aliphatic rings. The fourth-order valence-electron chi connectivity index (χ4n) is 1.84. The van der Waals surface area contributed by atoms with Crippen LogP contribution in [0, 0.1) is 0 Å². The second-order valence-corrected chi connectivity index (χ2v) is 5.19. The summed E-state index contributed by atoms with van der Waals surface area (Å²) in [6.07, 6.45) is 4.33. The second kappa shape index (κ2) is 6.49. The van der Waals surface area contributed by atoms with E-state index < -0.39 is 0 Å². The summed E-state index contributed by atoms with van der Waals surface area (Å²) < 4.78 is 1.82. The molecule has 2 aromatic heterocycles. The van der Waals surface area contributed by atoms with E-state index in [9.17, 15) is 4.79 Å². The monoisotopic (exact) mass is 278 g/mol. The van der Waals surface area contributed by atoms with Crippen molar-refractivity contribution >= 4 is 17.2 Å². The number of thiophene rings is 1. The van der Waals surface area contributed by atoms with Gasteiger partial charge in [0.1, 0.15) is 5.69 Å². The zero-order valence-corrected chi connectivity index (χ0v) is 11.7. The van der Waals surface area contributed by atoms with Crippen LogP contribution in [-0.2, 0) is 19.5 Å². The number of nitrogens with two attached hydrogens (primary N) is 1. The molecular formula is C13H18N4OS. The Kier molecular flexibility index (Phi) is 4.70. The largest absolute Gasteiger partial charge is 0.346 e. The molecule has 0 atom stereocenters. The molecule has 2 heterocycles. The minimum absolute atomic E-state index is 0.147. The van der Waals surface area contributed by atoms with E-state index >= 15 is 0 Å². The van der Waals surface area contributed by atoms with E-state index in [1.54, 1.807) is 23.9 Å². The fourth-order valence-corrected chi connectivity index (χ4v) is 2.75. The van der Waals surface area contributed by atoms with Crippen LogP contribution in [0.3, 0.4) is 0 Å². The van der Waals surface area contributed by atoms with Crippen LogP contribution in [0.25, 0.3) is 0 Å². The van der Waals surface area contributed by atoms with E-state index in [0.29, 0.717) is 25.3 Å². The molecule has 0 aliphatic carbocycles. The van der Waals surface area contributed by atoms with E-state index in [-0.39, 0.29) is 5.91 Å². The van der Waals surface area contributed by atoms with E-state index in [0.717, 1.165) is 6.42 Å². The van der Waals surface area contributed by atoms with E-state index in [1.807, 2.05) is 4.57 Å². The Bertz CT molecular complexity index is 546. The van der Waals surface area contributed by atoms with Gasteiger partial charge in [0.05, 0.1) is 12.9 Å². The SMILES string of the molecule is CCc1ccsc1CNC(=O)c1cn(CCN)cn1. The molecule has 0 fully saturated rings. The Morgan fingerprint density at radius 1 is 1.58 bits per heavy atom. The third kappa shape index (κ3) is 3.42. The van der Waals surface area contributed by atoms with Crippen molar-refractivity contribution in [2.24, 2.45) is 5.73 Å². The second-order valence-electron chi connectivity index (χ2n) is 4.19. The van der Waals surface area contributed by atoms with E-state index in [2.05, 4.69) is 28.7 Å². The Balaban J connectivity index is 1.93. The minimum Gasteiger partial charge on any atom is -0.346 e. The summed E-state index contributed by atoms with van der Waals surface area (Å²) in [7, 11) is 0. The molecule has 102 valence electrons. The zero-order chi connectivity index (χ0) is 13.7. The number of nitrogens with one attached hydrogen (secondary N) is 1. The molecule has 0 bridgehead atoms. The Morgan fingerprint density at radius 3 is 3.16 bits per heavy atom. The number of aryl methyl sites for hydroxylation is 1. The highest BCUT2D eigenvalue weighted by atomic mass is 32.1. The predicted molar refractivity (Wildman–Crippen MR) is 76.1 cm³/mol. The zero-order valence-electron chi connectivity index (χ0n) is 10.9. The van der Waals surface area contributed by atoms with Crippen molar-refractivity contribution in [1.82, 2.24) is 14.9 Å². The third-order valence-corrected chi connectivity index (χ3v) is 3.84. The maximum Gasteiger partial charge on any atom is 0.271 e. The Labute approximate surface area is 116 Å². The minimum atomic E-state index is -0.147. The normalized spacial score (nSPS) is 10.6. The molecule has 0 radical (unpaired) electrons. The fraction of sp³-hybridized carbons (Fsp3) is 0.385. The number of imidazole rings is 1. The van der Waals surface area contributed by atoms with Gasteiger partial charge in [-0.1, -0.05) is 6.92 Å². The smallest absolute Gasteiger partial charge is 0.271 e. The van der Waals surface area contributed by atoms with Crippen molar-refractivity contribution in [2.75, 3.05) is 6.54 Å². The first-order valence-corrected chi connectivity index (χ1v) is 7.17. The molecule has 1 amide bonds. The molecule has 0 aromatic carbocycles. The van der Waals surface area contributed by atoms with Gasteiger partial charge in [-0.2, -0.15) is 0 Å². The van der Waals surface area contributed by atoms with Gasteiger partial charge in [0.25, 0.3) is 5.91 Å². The maximum absolute atomic E-state index is 11.9. The van der Waals surface area contributed by atoms with Crippen LogP contribution >= 0.6 is 11.3 Å². The molecule has 0 saturated carbocycles. The van der Waals surface area contributed by atoms with Gasteiger partial charge in [0.15, 0.2) is 0 Å². The van der Waals surface area contributed by atoms with Gasteiger partial charge in [-0.15, -0.1) is 11.3 Å². The number of rotatable bonds is 6. The Morgan fingerprint density at radius 2 is 2.42 bits per heavy atom. The van der Waals surface area contributed by atoms with Gasteiger partial charge in [-0.05, 0) is 23.4 Å². The first kappa shape index (κ1) is 13.8. The summed E-state index contributed by atoms with van der Waals surface area (Å²) in [5.41, 5.74) is 7.18. The summed E-state index contributed by atoms with van der Waals surface area (Å²) in [6.45, 7) is 3.88. The highest BCUT2D eigenvalue weighted by molar-refractivity contribution is 7.10. The van der Waals surface area contributed by atoms with Crippen LogP contribution in [0.4, 0.5) is 0 Å². The standard InChI is InChI=1S/C13H18N4OS/c1-2-10-3-6-19-12(10)7-15-13(18)11-8-17(5-4-14)9-16-11/h3,6,8-9H,2,4-5,7,14H2,1H3,(H,15,18). The lowest BCUT2D eigenvalue weighted by Crippen LogP contribution is -2.23. The first-order valence-electron chi connectivity index (χ1n) is 6.30. The predicted octanol–water partition coefficient (Wildman–Crippen LogP) is 1.40. The summed E-state index contributed by atoms with van der Waals surface area (Å²) in [5, 5.41) is 4.95. The lowest BCUT2D eigenvalue weighted by atomic mass is 10.2. The highest BCUT2D eigenvalue weighted by Crippen LogP contribution is 2.16. The van der Waals surface area contributed by atoms with Crippen LogP contribution in [0.1, 0.15) is 27.9 Å². The Hall–Kier alpha value is -1.66. The lowest BCUT2D eigenvalue weighted by molar-refractivity contribution is 0.0946. The van der Waals surface area contributed by atoms with Gasteiger partial charge >= 0.3 is 0 Å². The molecule has 0 aliphatic heterocycles. The first-order chi connectivity index (χ1) is 9.24. The van der Waals surface area contributed by atoms with Crippen molar-refractivity contribution in [1.29, 1.82) is 0 Å². The molecule has 19 heavy (non-hydrogen) atoms. The number of carbonyl (C=O) groups is 1. The molecule has 3 N–H and O–H groups in total. The molecule has 2 aromatic rings.